The van der Waals surface area contributed by atoms with E-state index in [1.54, 1.807) is 7.11 Å². The minimum Gasteiger partial charge on any atom is -0.497 e. The first-order chi connectivity index (χ1) is 11.7. The molecule has 0 aliphatic heterocycles. The second-order valence-corrected chi connectivity index (χ2v) is 6.65. The van der Waals surface area contributed by atoms with Crippen LogP contribution in [0.5, 0.6) is 5.75 Å². The number of ether oxygens (including phenoxy) is 1. The highest BCUT2D eigenvalue weighted by molar-refractivity contribution is 5.94. The number of methoxy groups -OCH3 is 1. The molecule has 1 saturated carbocycles. The van der Waals surface area contributed by atoms with Crippen LogP contribution in [0.25, 0.3) is 10.9 Å². The Morgan fingerprint density at radius 3 is 2.54 bits per heavy atom. The van der Waals surface area contributed by atoms with E-state index in [9.17, 15) is 4.79 Å². The SMILES string of the molecule is COc1ccc2cc(NC(=O)NC3CCCCCCC3)n(C)c2c1. The average molecular weight is 329 g/mol. The third kappa shape index (κ3) is 3.83. The summed E-state index contributed by atoms with van der Waals surface area (Å²) in [6.45, 7) is 0. The minimum absolute atomic E-state index is 0.113. The summed E-state index contributed by atoms with van der Waals surface area (Å²) in [7, 11) is 3.61. The molecule has 0 atom stereocenters. The molecule has 2 N–H and O–H groups in total. The van der Waals surface area contributed by atoms with E-state index in [-0.39, 0.29) is 6.03 Å². The summed E-state index contributed by atoms with van der Waals surface area (Å²) in [4.78, 5) is 12.4. The van der Waals surface area contributed by atoms with Crippen LogP contribution in [-0.4, -0.2) is 23.7 Å². The molecule has 0 unspecified atom stereocenters. The highest BCUT2D eigenvalue weighted by Crippen LogP contribution is 2.26. The van der Waals surface area contributed by atoms with Crippen LogP contribution in [0.2, 0.25) is 0 Å². The van der Waals surface area contributed by atoms with Gasteiger partial charge in [0.1, 0.15) is 11.6 Å². The molecule has 0 bridgehead atoms. The number of hydrogen-bond acceptors (Lipinski definition) is 2. The molecule has 2 amide bonds. The van der Waals surface area contributed by atoms with E-state index in [0.717, 1.165) is 35.3 Å². The van der Waals surface area contributed by atoms with Gasteiger partial charge in [0, 0.05) is 24.5 Å². The molecule has 5 heteroatoms. The monoisotopic (exact) mass is 329 g/mol. The number of rotatable bonds is 3. The Kier molecular flexibility index (Phi) is 5.28. The fourth-order valence-electron chi connectivity index (χ4n) is 3.50. The molecule has 1 aromatic carbocycles. The molecule has 1 aliphatic carbocycles. The third-order valence-corrected chi connectivity index (χ3v) is 4.93. The normalized spacial score (nSPS) is 16.4. The van der Waals surface area contributed by atoms with Gasteiger partial charge in [0.05, 0.1) is 12.6 Å². The fraction of sp³-hybridized carbons (Fsp3) is 0.526. The lowest BCUT2D eigenvalue weighted by Crippen LogP contribution is -2.38. The molecule has 1 fully saturated rings. The fourth-order valence-corrected chi connectivity index (χ4v) is 3.50. The molecule has 130 valence electrons. The highest BCUT2D eigenvalue weighted by atomic mass is 16.5. The van der Waals surface area contributed by atoms with E-state index in [0.29, 0.717) is 6.04 Å². The van der Waals surface area contributed by atoms with Crippen molar-refractivity contribution in [2.45, 2.75) is 51.0 Å². The van der Waals surface area contributed by atoms with Gasteiger partial charge in [0.2, 0.25) is 0 Å². The van der Waals surface area contributed by atoms with Crippen molar-refractivity contribution in [3.05, 3.63) is 24.3 Å². The first-order valence-corrected chi connectivity index (χ1v) is 8.88. The van der Waals surface area contributed by atoms with Crippen molar-refractivity contribution in [2.24, 2.45) is 7.05 Å². The molecule has 1 heterocycles. The number of carbonyl (C=O) groups excluding carboxylic acids is 1. The molecule has 2 aromatic rings. The van der Waals surface area contributed by atoms with Crippen LogP contribution in [0.4, 0.5) is 10.6 Å². The number of carbonyl (C=O) groups is 1. The molecular formula is C19H27N3O2. The smallest absolute Gasteiger partial charge is 0.320 e. The zero-order chi connectivity index (χ0) is 16.9. The van der Waals surface area contributed by atoms with Crippen molar-refractivity contribution in [1.29, 1.82) is 0 Å². The van der Waals surface area contributed by atoms with E-state index < -0.39 is 0 Å². The number of amides is 2. The topological polar surface area (TPSA) is 55.3 Å². The van der Waals surface area contributed by atoms with Gasteiger partial charge in [-0.1, -0.05) is 32.1 Å². The van der Waals surface area contributed by atoms with Crippen LogP contribution in [0, 0.1) is 0 Å². The van der Waals surface area contributed by atoms with E-state index in [2.05, 4.69) is 10.6 Å². The summed E-state index contributed by atoms with van der Waals surface area (Å²) in [6, 6.07) is 8.09. The number of anilines is 1. The Hall–Kier alpha value is -2.17. The number of aromatic nitrogens is 1. The second-order valence-electron chi connectivity index (χ2n) is 6.65. The molecule has 0 saturated heterocycles. The van der Waals surface area contributed by atoms with Crippen molar-refractivity contribution < 1.29 is 9.53 Å². The van der Waals surface area contributed by atoms with Crippen LogP contribution in [0.3, 0.4) is 0 Å². The highest BCUT2D eigenvalue weighted by Gasteiger charge is 2.15. The molecule has 0 radical (unpaired) electrons. The Labute approximate surface area is 143 Å². The van der Waals surface area contributed by atoms with Crippen molar-refractivity contribution in [3.63, 3.8) is 0 Å². The number of fused-ring (bicyclic) bond motifs is 1. The summed E-state index contributed by atoms with van der Waals surface area (Å²) in [5.41, 5.74) is 1.04. The third-order valence-electron chi connectivity index (χ3n) is 4.93. The minimum atomic E-state index is -0.113. The number of benzene rings is 1. The number of hydrogen-bond donors (Lipinski definition) is 2. The Morgan fingerprint density at radius 2 is 1.83 bits per heavy atom. The van der Waals surface area contributed by atoms with E-state index in [1.165, 1.54) is 32.1 Å². The lowest BCUT2D eigenvalue weighted by Gasteiger charge is -2.21. The van der Waals surface area contributed by atoms with Crippen LogP contribution in [-0.2, 0) is 7.05 Å². The summed E-state index contributed by atoms with van der Waals surface area (Å²) in [5.74, 6) is 1.61. The predicted molar refractivity (Wildman–Crippen MR) is 97.7 cm³/mol. The molecular weight excluding hydrogens is 302 g/mol. The van der Waals surface area contributed by atoms with Crippen molar-refractivity contribution in [2.75, 3.05) is 12.4 Å². The van der Waals surface area contributed by atoms with Crippen LogP contribution in [0.15, 0.2) is 24.3 Å². The zero-order valence-corrected chi connectivity index (χ0v) is 14.6. The predicted octanol–water partition coefficient (Wildman–Crippen LogP) is 4.42. The van der Waals surface area contributed by atoms with Gasteiger partial charge in [-0.25, -0.2) is 4.79 Å². The second kappa shape index (κ2) is 7.60. The summed E-state index contributed by atoms with van der Waals surface area (Å²) >= 11 is 0. The average Bonchev–Trinajstić information content (AvgIpc) is 2.85. The maximum Gasteiger partial charge on any atom is 0.320 e. The summed E-state index contributed by atoms with van der Waals surface area (Å²) in [6.07, 6.45) is 8.48. The maximum absolute atomic E-state index is 12.4. The quantitative estimate of drug-likeness (QED) is 0.875. The van der Waals surface area contributed by atoms with Crippen molar-refractivity contribution >= 4 is 22.8 Å². The van der Waals surface area contributed by atoms with Gasteiger partial charge in [-0.3, -0.25) is 5.32 Å². The van der Waals surface area contributed by atoms with Gasteiger partial charge >= 0.3 is 6.03 Å². The molecule has 1 aromatic heterocycles. The first-order valence-electron chi connectivity index (χ1n) is 8.88. The van der Waals surface area contributed by atoms with Gasteiger partial charge in [-0.05, 0) is 31.0 Å². The molecule has 0 spiro atoms. The molecule has 5 nitrogen and oxygen atoms in total. The lowest BCUT2D eigenvalue weighted by molar-refractivity contribution is 0.245. The standard InChI is InChI=1S/C19H27N3O2/c1-22-17-13-16(24-2)11-10-14(17)12-18(22)21-19(23)20-15-8-6-4-3-5-7-9-15/h10-13,15H,3-9H2,1-2H3,(H2,20,21,23). The number of nitrogens with one attached hydrogen (secondary N) is 2. The number of nitrogens with zero attached hydrogens (tertiary/aromatic N) is 1. The Morgan fingerprint density at radius 1 is 1.12 bits per heavy atom. The van der Waals surface area contributed by atoms with Gasteiger partial charge in [0.15, 0.2) is 0 Å². The van der Waals surface area contributed by atoms with Gasteiger partial charge < -0.3 is 14.6 Å². The Balaban J connectivity index is 1.67. The molecule has 24 heavy (non-hydrogen) atoms. The Bertz CT molecular complexity index is 700. The van der Waals surface area contributed by atoms with Gasteiger partial charge in [0.25, 0.3) is 0 Å². The number of urea groups is 1. The van der Waals surface area contributed by atoms with E-state index in [1.807, 2.05) is 35.9 Å². The van der Waals surface area contributed by atoms with Crippen molar-refractivity contribution in [1.82, 2.24) is 9.88 Å². The summed E-state index contributed by atoms with van der Waals surface area (Å²) in [5, 5.41) is 7.22. The van der Waals surface area contributed by atoms with Crippen LogP contribution < -0.4 is 15.4 Å². The zero-order valence-electron chi connectivity index (χ0n) is 14.6. The number of aryl methyl sites for hydroxylation is 1. The van der Waals surface area contributed by atoms with Crippen LogP contribution in [0.1, 0.15) is 44.9 Å². The summed E-state index contributed by atoms with van der Waals surface area (Å²) < 4.78 is 7.26. The maximum atomic E-state index is 12.4. The molecule has 3 rings (SSSR count). The van der Waals surface area contributed by atoms with Crippen molar-refractivity contribution in [3.8, 4) is 5.75 Å². The molecule has 1 aliphatic rings. The lowest BCUT2D eigenvalue weighted by atomic mass is 9.97. The van der Waals surface area contributed by atoms with Crippen LogP contribution >= 0.6 is 0 Å². The van der Waals surface area contributed by atoms with E-state index >= 15 is 0 Å². The van der Waals surface area contributed by atoms with Gasteiger partial charge in [-0.2, -0.15) is 0 Å². The van der Waals surface area contributed by atoms with Gasteiger partial charge in [-0.15, -0.1) is 0 Å². The van der Waals surface area contributed by atoms with E-state index in [4.69, 9.17) is 4.74 Å². The first kappa shape index (κ1) is 16.7. The largest absolute Gasteiger partial charge is 0.497 e.